The van der Waals surface area contributed by atoms with Gasteiger partial charge in [-0.25, -0.2) is 0 Å². The van der Waals surface area contributed by atoms with Gasteiger partial charge in [-0.15, -0.1) is 11.8 Å². The number of aryl methyl sites for hydroxylation is 1. The van der Waals surface area contributed by atoms with E-state index in [1.54, 1.807) is 11.8 Å². The van der Waals surface area contributed by atoms with Crippen LogP contribution in [0, 0.1) is 13.8 Å². The first-order valence-electron chi connectivity index (χ1n) is 6.80. The smallest absolute Gasteiger partial charge is 0.225 e. The van der Waals surface area contributed by atoms with Gasteiger partial charge in [-0.1, -0.05) is 35.4 Å². The van der Waals surface area contributed by atoms with Gasteiger partial charge in [-0.2, -0.15) is 0 Å². The molecule has 0 unspecified atom stereocenters. The van der Waals surface area contributed by atoms with Crippen molar-refractivity contribution in [3.63, 3.8) is 0 Å². The van der Waals surface area contributed by atoms with Crippen LogP contribution in [0.4, 0.5) is 5.69 Å². The Labute approximate surface area is 134 Å². The minimum absolute atomic E-state index is 0.0139. The Morgan fingerprint density at radius 2 is 1.86 bits per heavy atom. The van der Waals surface area contributed by atoms with Gasteiger partial charge in [0.15, 0.2) is 0 Å². The van der Waals surface area contributed by atoms with E-state index in [9.17, 15) is 4.79 Å². The van der Waals surface area contributed by atoms with Crippen molar-refractivity contribution in [3.8, 4) is 0 Å². The molecule has 0 spiro atoms. The number of carbonyl (C=O) groups is 1. The quantitative estimate of drug-likeness (QED) is 0.779. The van der Waals surface area contributed by atoms with Gasteiger partial charge in [0.25, 0.3) is 0 Å². The molecule has 2 aromatic rings. The van der Waals surface area contributed by atoms with E-state index in [-0.39, 0.29) is 5.91 Å². The van der Waals surface area contributed by atoms with Crippen LogP contribution in [0.25, 0.3) is 0 Å². The fourth-order valence-corrected chi connectivity index (χ4v) is 2.88. The van der Waals surface area contributed by atoms with E-state index in [4.69, 9.17) is 11.6 Å². The zero-order chi connectivity index (χ0) is 15.2. The van der Waals surface area contributed by atoms with E-state index in [2.05, 4.69) is 36.5 Å². The predicted octanol–water partition coefficient (Wildman–Crippen LogP) is 5.08. The second-order valence-electron chi connectivity index (χ2n) is 4.87. The zero-order valence-electron chi connectivity index (χ0n) is 12.2. The number of carbonyl (C=O) groups excluding carboxylic acids is 1. The van der Waals surface area contributed by atoms with Crippen LogP contribution in [0.1, 0.15) is 17.5 Å². The number of nitrogens with one attached hydrogen (secondary N) is 1. The Balaban J connectivity index is 1.82. The van der Waals surface area contributed by atoms with Crippen LogP contribution in [-0.4, -0.2) is 11.7 Å². The lowest BCUT2D eigenvalue weighted by Crippen LogP contribution is -2.13. The maximum Gasteiger partial charge on any atom is 0.225 e. The molecule has 110 valence electrons. The highest BCUT2D eigenvalue weighted by molar-refractivity contribution is 7.99. The summed E-state index contributed by atoms with van der Waals surface area (Å²) >= 11 is 7.73. The van der Waals surface area contributed by atoms with Gasteiger partial charge in [0.05, 0.1) is 0 Å². The van der Waals surface area contributed by atoms with Crippen LogP contribution in [0.3, 0.4) is 0 Å². The van der Waals surface area contributed by atoms with Crippen molar-refractivity contribution >= 4 is 35.0 Å². The minimum Gasteiger partial charge on any atom is -0.326 e. The van der Waals surface area contributed by atoms with E-state index in [1.807, 2.05) is 25.1 Å². The van der Waals surface area contributed by atoms with Crippen LogP contribution in [0.5, 0.6) is 0 Å². The summed E-state index contributed by atoms with van der Waals surface area (Å²) in [6, 6.07) is 13.9. The highest BCUT2D eigenvalue weighted by Crippen LogP contribution is 2.23. The zero-order valence-corrected chi connectivity index (χ0v) is 13.7. The number of benzene rings is 2. The lowest BCUT2D eigenvalue weighted by Gasteiger charge is -2.09. The van der Waals surface area contributed by atoms with Crippen molar-refractivity contribution < 1.29 is 4.79 Å². The molecule has 2 nitrogen and oxygen atoms in total. The Morgan fingerprint density at radius 3 is 2.57 bits per heavy atom. The van der Waals surface area contributed by atoms with Crippen LogP contribution in [0.15, 0.2) is 47.4 Å². The van der Waals surface area contributed by atoms with Crippen LogP contribution in [0.2, 0.25) is 5.02 Å². The van der Waals surface area contributed by atoms with Gasteiger partial charge >= 0.3 is 0 Å². The molecule has 2 rings (SSSR count). The Morgan fingerprint density at radius 1 is 1.14 bits per heavy atom. The van der Waals surface area contributed by atoms with E-state index in [0.29, 0.717) is 11.4 Å². The number of hydrogen-bond acceptors (Lipinski definition) is 2. The molecule has 0 heterocycles. The summed E-state index contributed by atoms with van der Waals surface area (Å²) in [5.41, 5.74) is 2.93. The second kappa shape index (κ2) is 7.53. The van der Waals surface area contributed by atoms with Crippen LogP contribution >= 0.6 is 23.4 Å². The van der Waals surface area contributed by atoms with Crippen molar-refractivity contribution in [1.82, 2.24) is 0 Å². The van der Waals surface area contributed by atoms with E-state index in [1.165, 1.54) is 10.5 Å². The van der Waals surface area contributed by atoms with Gasteiger partial charge in [-0.05, 0) is 43.7 Å². The molecule has 0 bridgehead atoms. The molecule has 0 fully saturated rings. The summed E-state index contributed by atoms with van der Waals surface area (Å²) in [5.74, 6) is 0.772. The average molecular weight is 320 g/mol. The number of halogens is 1. The van der Waals surface area contributed by atoms with Gasteiger partial charge in [-0.3, -0.25) is 4.79 Å². The van der Waals surface area contributed by atoms with Crippen molar-refractivity contribution in [2.24, 2.45) is 0 Å². The normalized spacial score (nSPS) is 10.4. The molecule has 1 N–H and O–H groups in total. The van der Waals surface area contributed by atoms with Crippen molar-refractivity contribution in [2.45, 2.75) is 25.2 Å². The van der Waals surface area contributed by atoms with E-state index in [0.717, 1.165) is 17.0 Å². The molecule has 21 heavy (non-hydrogen) atoms. The summed E-state index contributed by atoms with van der Waals surface area (Å²) in [6.07, 6.45) is 0.477. The predicted molar refractivity (Wildman–Crippen MR) is 91.3 cm³/mol. The van der Waals surface area contributed by atoms with Crippen LogP contribution < -0.4 is 5.32 Å². The van der Waals surface area contributed by atoms with Gasteiger partial charge < -0.3 is 5.32 Å². The molecule has 0 aliphatic heterocycles. The molecule has 0 aliphatic carbocycles. The first kappa shape index (κ1) is 15.9. The third-order valence-electron chi connectivity index (χ3n) is 3.16. The Bertz CT molecular complexity index is 625. The first-order valence-corrected chi connectivity index (χ1v) is 8.17. The van der Waals surface area contributed by atoms with Crippen molar-refractivity contribution in [1.29, 1.82) is 0 Å². The van der Waals surface area contributed by atoms with Crippen LogP contribution in [-0.2, 0) is 4.79 Å². The summed E-state index contributed by atoms with van der Waals surface area (Å²) in [5, 5.41) is 3.58. The molecule has 0 saturated heterocycles. The molecule has 0 aromatic heterocycles. The Kier molecular flexibility index (Phi) is 5.71. The molecule has 4 heteroatoms. The fourth-order valence-electron chi connectivity index (χ4n) is 1.85. The summed E-state index contributed by atoms with van der Waals surface area (Å²) in [6.45, 7) is 3.97. The largest absolute Gasteiger partial charge is 0.326 e. The third-order valence-corrected chi connectivity index (χ3v) is 4.58. The molecule has 0 radical (unpaired) electrons. The lowest BCUT2D eigenvalue weighted by molar-refractivity contribution is -0.115. The van der Waals surface area contributed by atoms with E-state index >= 15 is 0 Å². The average Bonchev–Trinajstić information content (AvgIpc) is 2.46. The topological polar surface area (TPSA) is 29.1 Å². The van der Waals surface area contributed by atoms with Crippen molar-refractivity contribution in [2.75, 3.05) is 11.1 Å². The number of anilines is 1. The maximum atomic E-state index is 12.0. The summed E-state index contributed by atoms with van der Waals surface area (Å²) < 4.78 is 0. The number of amides is 1. The van der Waals surface area contributed by atoms with Crippen molar-refractivity contribution in [3.05, 3.63) is 58.6 Å². The molecule has 0 saturated carbocycles. The lowest BCUT2D eigenvalue weighted by atomic mass is 10.2. The second-order valence-corrected chi connectivity index (χ2v) is 6.45. The molecule has 1 amide bonds. The van der Waals surface area contributed by atoms with Gasteiger partial charge in [0.1, 0.15) is 0 Å². The molecule has 2 aromatic carbocycles. The monoisotopic (exact) mass is 319 g/mol. The summed E-state index contributed by atoms with van der Waals surface area (Å²) in [4.78, 5) is 13.1. The molecule has 0 atom stereocenters. The number of thioether (sulfide) groups is 1. The molecule has 0 aliphatic rings. The number of hydrogen-bond donors (Lipinski definition) is 1. The van der Waals surface area contributed by atoms with E-state index < -0.39 is 0 Å². The highest BCUT2D eigenvalue weighted by Gasteiger charge is 2.06. The number of rotatable bonds is 5. The first-order chi connectivity index (χ1) is 10.1. The molecular formula is C17H18ClNOS. The Hall–Kier alpha value is -1.45. The minimum atomic E-state index is 0.0139. The molecular weight excluding hydrogens is 302 g/mol. The van der Waals surface area contributed by atoms with Gasteiger partial charge in [0, 0.05) is 27.8 Å². The third kappa shape index (κ3) is 4.80. The standard InChI is InChI=1S/C17H18ClNOS/c1-12-6-8-14(9-7-12)21-11-10-17(20)19-16-5-3-4-15(18)13(16)2/h3-9H,10-11H2,1-2H3,(H,19,20). The fraction of sp³-hybridized carbons (Fsp3) is 0.235. The maximum absolute atomic E-state index is 12.0. The SMILES string of the molecule is Cc1ccc(SCCC(=O)Nc2cccc(Cl)c2C)cc1. The van der Waals surface area contributed by atoms with Gasteiger partial charge in [0.2, 0.25) is 5.91 Å². The highest BCUT2D eigenvalue weighted by atomic mass is 35.5. The summed E-state index contributed by atoms with van der Waals surface area (Å²) in [7, 11) is 0.